The number of benzene rings is 1. The molecule has 0 aliphatic carbocycles. The molecule has 1 aromatic rings. The van der Waals surface area contributed by atoms with Crippen LogP contribution in [-0.4, -0.2) is 42.6 Å². The summed E-state index contributed by atoms with van der Waals surface area (Å²) in [6.45, 7) is -0.220. The molecule has 2 unspecified atom stereocenters. The summed E-state index contributed by atoms with van der Waals surface area (Å²) in [6.07, 6.45) is -0.225. The van der Waals surface area contributed by atoms with Gasteiger partial charge in [0.2, 0.25) is 15.9 Å². The molecule has 7 nitrogen and oxygen atoms in total. The number of sulfonamides is 1. The van der Waals surface area contributed by atoms with Crippen molar-refractivity contribution in [1.29, 1.82) is 0 Å². The number of rotatable bonds is 5. The largest absolute Gasteiger partial charge is 0.479 e. The van der Waals surface area contributed by atoms with E-state index in [0.717, 1.165) is 23.1 Å². The average molecular weight is 348 g/mol. The van der Waals surface area contributed by atoms with E-state index in [4.69, 9.17) is 5.14 Å². The van der Waals surface area contributed by atoms with Gasteiger partial charge in [0.1, 0.15) is 0 Å². The Balaban J connectivity index is 2.34. The lowest BCUT2D eigenvalue weighted by atomic mass is 10.0. The van der Waals surface area contributed by atoms with Crippen molar-refractivity contribution < 1.29 is 31.9 Å². The molecule has 3 N–H and O–H groups in total. The zero-order valence-corrected chi connectivity index (χ0v) is 12.6. The van der Waals surface area contributed by atoms with Gasteiger partial charge < -0.3 is 10.0 Å². The second-order valence-corrected chi connectivity index (χ2v) is 6.99. The molecule has 10 heteroatoms. The van der Waals surface area contributed by atoms with Crippen molar-refractivity contribution in [2.75, 3.05) is 12.3 Å². The molecule has 0 radical (unpaired) electrons. The zero-order chi connectivity index (χ0) is 17.4. The van der Waals surface area contributed by atoms with Crippen LogP contribution in [0.1, 0.15) is 18.0 Å². The highest BCUT2D eigenvalue weighted by molar-refractivity contribution is 7.89. The SMILES string of the molecule is NS(=O)(=O)CC1CC(=O)N(C(C(=O)O)c2cccc(F)c2F)C1. The van der Waals surface area contributed by atoms with Gasteiger partial charge in [0.15, 0.2) is 17.7 Å². The molecule has 1 heterocycles. The molecule has 1 aliphatic rings. The molecule has 0 aromatic heterocycles. The van der Waals surface area contributed by atoms with E-state index < -0.39 is 56.8 Å². The normalized spacial score (nSPS) is 19.9. The molecule has 2 atom stereocenters. The fourth-order valence-electron chi connectivity index (χ4n) is 2.66. The van der Waals surface area contributed by atoms with Crippen LogP contribution in [0.5, 0.6) is 0 Å². The molecule has 0 spiro atoms. The number of amides is 1. The molecule has 1 fully saturated rings. The number of likely N-dealkylation sites (tertiary alicyclic amines) is 1. The van der Waals surface area contributed by atoms with Crippen LogP contribution in [0.25, 0.3) is 0 Å². The third-order valence-corrected chi connectivity index (χ3v) is 4.46. The smallest absolute Gasteiger partial charge is 0.331 e. The van der Waals surface area contributed by atoms with Crippen molar-refractivity contribution in [2.45, 2.75) is 12.5 Å². The van der Waals surface area contributed by atoms with Crippen LogP contribution in [-0.2, 0) is 19.6 Å². The maximum Gasteiger partial charge on any atom is 0.331 e. The van der Waals surface area contributed by atoms with Crippen LogP contribution in [0.15, 0.2) is 18.2 Å². The minimum Gasteiger partial charge on any atom is -0.479 e. The Morgan fingerprint density at radius 1 is 1.43 bits per heavy atom. The van der Waals surface area contributed by atoms with Crippen molar-refractivity contribution in [3.63, 3.8) is 0 Å². The minimum atomic E-state index is -3.84. The second kappa shape index (κ2) is 6.20. The number of nitrogens with zero attached hydrogens (tertiary/aromatic N) is 1. The number of nitrogens with two attached hydrogens (primary N) is 1. The average Bonchev–Trinajstić information content (AvgIpc) is 2.73. The predicted molar refractivity (Wildman–Crippen MR) is 74.5 cm³/mol. The maximum atomic E-state index is 13.9. The molecular weight excluding hydrogens is 334 g/mol. The number of carboxylic acids is 1. The molecule has 2 rings (SSSR count). The Kier molecular flexibility index (Phi) is 4.66. The van der Waals surface area contributed by atoms with Crippen molar-refractivity contribution in [3.05, 3.63) is 35.4 Å². The van der Waals surface area contributed by atoms with Crippen LogP contribution in [0.2, 0.25) is 0 Å². The zero-order valence-electron chi connectivity index (χ0n) is 11.8. The fourth-order valence-corrected chi connectivity index (χ4v) is 3.54. The summed E-state index contributed by atoms with van der Waals surface area (Å²) in [5.74, 6) is -5.98. The first-order valence-corrected chi connectivity index (χ1v) is 8.28. The number of carbonyl (C=O) groups is 2. The second-order valence-electron chi connectivity index (χ2n) is 5.33. The molecular formula is C13H14F2N2O5S. The van der Waals surface area contributed by atoms with Crippen LogP contribution >= 0.6 is 0 Å². The molecule has 23 heavy (non-hydrogen) atoms. The number of hydrogen-bond acceptors (Lipinski definition) is 4. The van der Waals surface area contributed by atoms with Gasteiger partial charge in [0.05, 0.1) is 5.75 Å². The van der Waals surface area contributed by atoms with E-state index in [9.17, 15) is 31.9 Å². The first-order chi connectivity index (χ1) is 10.6. The van der Waals surface area contributed by atoms with E-state index in [1.54, 1.807) is 0 Å². The standard InChI is InChI=1S/C13H14F2N2O5S/c14-9-3-1-2-8(11(9)15)12(13(19)20)17-5-7(4-10(17)18)6-23(16,21)22/h1-3,7,12H,4-6H2,(H,19,20)(H2,16,21,22). The fraction of sp³-hybridized carbons (Fsp3) is 0.385. The Morgan fingerprint density at radius 2 is 2.09 bits per heavy atom. The van der Waals surface area contributed by atoms with Crippen molar-refractivity contribution in [1.82, 2.24) is 4.90 Å². The van der Waals surface area contributed by atoms with Crippen LogP contribution < -0.4 is 5.14 Å². The van der Waals surface area contributed by atoms with Gasteiger partial charge in [0.25, 0.3) is 0 Å². The minimum absolute atomic E-state index is 0.220. The lowest BCUT2D eigenvalue weighted by molar-refractivity contribution is -0.148. The first kappa shape index (κ1) is 17.3. The summed E-state index contributed by atoms with van der Waals surface area (Å²) in [7, 11) is -3.84. The summed E-state index contributed by atoms with van der Waals surface area (Å²) < 4.78 is 49.4. The predicted octanol–water partition coefficient (Wildman–Crippen LogP) is 0.228. The van der Waals surface area contributed by atoms with Gasteiger partial charge in [-0.25, -0.2) is 27.1 Å². The van der Waals surface area contributed by atoms with Crippen LogP contribution in [0, 0.1) is 17.6 Å². The van der Waals surface area contributed by atoms with E-state index in [0.29, 0.717) is 0 Å². The molecule has 1 saturated heterocycles. The quantitative estimate of drug-likeness (QED) is 0.790. The summed E-state index contributed by atoms with van der Waals surface area (Å²) >= 11 is 0. The van der Waals surface area contributed by atoms with Gasteiger partial charge in [-0.15, -0.1) is 0 Å². The van der Waals surface area contributed by atoms with Crippen LogP contribution in [0.4, 0.5) is 8.78 Å². The van der Waals surface area contributed by atoms with E-state index in [1.807, 2.05) is 0 Å². The van der Waals surface area contributed by atoms with E-state index in [1.165, 1.54) is 0 Å². The maximum absolute atomic E-state index is 13.9. The molecule has 0 bridgehead atoms. The van der Waals surface area contributed by atoms with Crippen molar-refractivity contribution in [3.8, 4) is 0 Å². The number of primary sulfonamides is 1. The number of carbonyl (C=O) groups excluding carboxylic acids is 1. The van der Waals surface area contributed by atoms with Crippen molar-refractivity contribution in [2.24, 2.45) is 11.1 Å². The van der Waals surface area contributed by atoms with Gasteiger partial charge in [0, 0.05) is 24.4 Å². The summed E-state index contributed by atoms with van der Waals surface area (Å²) in [5.41, 5.74) is -0.498. The van der Waals surface area contributed by atoms with Crippen molar-refractivity contribution >= 4 is 21.9 Å². The Morgan fingerprint density at radius 3 is 2.65 bits per heavy atom. The number of hydrogen-bond donors (Lipinski definition) is 2. The lowest BCUT2D eigenvalue weighted by Crippen LogP contribution is -2.36. The van der Waals surface area contributed by atoms with E-state index in [2.05, 4.69) is 0 Å². The first-order valence-electron chi connectivity index (χ1n) is 6.57. The van der Waals surface area contributed by atoms with E-state index in [-0.39, 0.29) is 13.0 Å². The number of aliphatic carboxylic acids is 1. The Bertz CT molecular complexity index is 753. The third kappa shape index (κ3) is 3.82. The monoisotopic (exact) mass is 348 g/mol. The number of halogens is 2. The van der Waals surface area contributed by atoms with Gasteiger partial charge in [-0.2, -0.15) is 0 Å². The highest BCUT2D eigenvalue weighted by atomic mass is 32.2. The highest BCUT2D eigenvalue weighted by Crippen LogP contribution is 2.31. The summed E-state index contributed by atoms with van der Waals surface area (Å²) in [6, 6.07) is 1.29. The molecule has 1 aliphatic heterocycles. The van der Waals surface area contributed by atoms with Gasteiger partial charge >= 0.3 is 5.97 Å². The topological polar surface area (TPSA) is 118 Å². The molecule has 126 valence electrons. The molecule has 1 amide bonds. The van der Waals surface area contributed by atoms with Crippen LogP contribution in [0.3, 0.4) is 0 Å². The lowest BCUT2D eigenvalue weighted by Gasteiger charge is -2.25. The highest BCUT2D eigenvalue weighted by Gasteiger charge is 2.41. The summed E-state index contributed by atoms with van der Waals surface area (Å²) in [5, 5.41) is 14.2. The Hall–Kier alpha value is -2.07. The number of carboxylic acid groups (broad SMARTS) is 1. The third-order valence-electron chi connectivity index (χ3n) is 3.53. The Labute approximate surface area is 130 Å². The van der Waals surface area contributed by atoms with E-state index >= 15 is 0 Å². The molecule has 0 saturated carbocycles. The molecule has 1 aromatic carbocycles. The summed E-state index contributed by atoms with van der Waals surface area (Å²) in [4.78, 5) is 24.3. The van der Waals surface area contributed by atoms with Gasteiger partial charge in [-0.05, 0) is 6.07 Å². The van der Waals surface area contributed by atoms with Gasteiger partial charge in [-0.3, -0.25) is 4.79 Å². The van der Waals surface area contributed by atoms with Gasteiger partial charge in [-0.1, -0.05) is 12.1 Å².